The van der Waals surface area contributed by atoms with E-state index >= 15 is 0 Å². The molecule has 0 saturated carbocycles. The Morgan fingerprint density at radius 1 is 1.28 bits per heavy atom. The molecule has 2 aromatic rings. The molecule has 0 saturated heterocycles. The van der Waals surface area contributed by atoms with Crippen molar-refractivity contribution in [3.05, 3.63) is 57.4 Å². The first-order chi connectivity index (χ1) is 8.70. The van der Waals surface area contributed by atoms with E-state index in [0.717, 1.165) is 17.7 Å². The molecule has 0 aliphatic rings. The van der Waals surface area contributed by atoms with Crippen LogP contribution in [0.3, 0.4) is 0 Å². The van der Waals surface area contributed by atoms with Crippen LogP contribution in [-0.4, -0.2) is 12.1 Å². The van der Waals surface area contributed by atoms with Crippen LogP contribution in [0.15, 0.2) is 42.7 Å². The minimum atomic E-state index is -0.0805. The van der Waals surface area contributed by atoms with E-state index in [4.69, 9.17) is 10.5 Å². The SMILES string of the molecule is COc1cnccc1C(N)Cc1ccc(I)cc1. The van der Waals surface area contributed by atoms with Gasteiger partial charge in [0.25, 0.3) is 0 Å². The molecule has 2 rings (SSSR count). The van der Waals surface area contributed by atoms with Gasteiger partial charge in [-0.25, -0.2) is 0 Å². The molecule has 0 radical (unpaired) electrons. The fraction of sp³-hybridized carbons (Fsp3) is 0.214. The largest absolute Gasteiger partial charge is 0.495 e. The van der Waals surface area contributed by atoms with Crippen molar-refractivity contribution >= 4 is 22.6 Å². The fourth-order valence-corrected chi connectivity index (χ4v) is 2.21. The normalized spacial score (nSPS) is 12.2. The summed E-state index contributed by atoms with van der Waals surface area (Å²) in [5.41, 5.74) is 8.45. The van der Waals surface area contributed by atoms with Crippen molar-refractivity contribution in [3.8, 4) is 5.75 Å². The lowest BCUT2D eigenvalue weighted by molar-refractivity contribution is 0.403. The van der Waals surface area contributed by atoms with Gasteiger partial charge in [0, 0.05) is 21.4 Å². The van der Waals surface area contributed by atoms with E-state index in [2.05, 4.69) is 51.8 Å². The lowest BCUT2D eigenvalue weighted by Crippen LogP contribution is -2.14. The highest BCUT2D eigenvalue weighted by molar-refractivity contribution is 14.1. The zero-order valence-corrected chi connectivity index (χ0v) is 12.3. The summed E-state index contributed by atoms with van der Waals surface area (Å²) in [6, 6.07) is 10.2. The first-order valence-electron chi connectivity index (χ1n) is 5.68. The van der Waals surface area contributed by atoms with Gasteiger partial charge in [-0.05, 0) is 52.8 Å². The Balaban J connectivity index is 2.16. The predicted molar refractivity (Wildman–Crippen MR) is 80.6 cm³/mol. The number of benzene rings is 1. The van der Waals surface area contributed by atoms with Gasteiger partial charge in [0.05, 0.1) is 13.3 Å². The Kier molecular flexibility index (Phi) is 4.54. The zero-order chi connectivity index (χ0) is 13.0. The highest BCUT2D eigenvalue weighted by Crippen LogP contribution is 2.24. The molecule has 3 nitrogen and oxygen atoms in total. The standard InChI is InChI=1S/C14H15IN2O/c1-18-14-9-17-7-6-12(14)13(16)8-10-2-4-11(15)5-3-10/h2-7,9,13H,8,16H2,1H3. The van der Waals surface area contributed by atoms with Gasteiger partial charge in [0.1, 0.15) is 5.75 Å². The molecular weight excluding hydrogens is 339 g/mol. The average molecular weight is 354 g/mol. The van der Waals surface area contributed by atoms with Crippen LogP contribution in [0.2, 0.25) is 0 Å². The van der Waals surface area contributed by atoms with Crippen LogP contribution in [0.1, 0.15) is 17.2 Å². The summed E-state index contributed by atoms with van der Waals surface area (Å²) in [7, 11) is 1.64. The van der Waals surface area contributed by atoms with Crippen LogP contribution < -0.4 is 10.5 Å². The van der Waals surface area contributed by atoms with Crippen molar-refractivity contribution in [2.24, 2.45) is 5.73 Å². The van der Waals surface area contributed by atoms with Gasteiger partial charge < -0.3 is 10.5 Å². The third-order valence-corrected chi connectivity index (χ3v) is 3.52. The second-order valence-corrected chi connectivity index (χ2v) is 5.30. The zero-order valence-electron chi connectivity index (χ0n) is 10.1. The van der Waals surface area contributed by atoms with Crippen molar-refractivity contribution in [1.29, 1.82) is 0 Å². The molecule has 0 amide bonds. The molecule has 1 aromatic heterocycles. The second-order valence-electron chi connectivity index (χ2n) is 4.05. The Morgan fingerprint density at radius 2 is 2.00 bits per heavy atom. The van der Waals surface area contributed by atoms with Gasteiger partial charge in [0.2, 0.25) is 0 Å². The fourth-order valence-electron chi connectivity index (χ4n) is 1.85. The van der Waals surface area contributed by atoms with Gasteiger partial charge in [-0.1, -0.05) is 12.1 Å². The third-order valence-electron chi connectivity index (χ3n) is 2.80. The molecule has 0 aliphatic carbocycles. The van der Waals surface area contributed by atoms with E-state index in [0.29, 0.717) is 0 Å². The van der Waals surface area contributed by atoms with E-state index in [9.17, 15) is 0 Å². The molecule has 0 fully saturated rings. The molecule has 1 heterocycles. The van der Waals surface area contributed by atoms with E-state index in [-0.39, 0.29) is 6.04 Å². The highest BCUT2D eigenvalue weighted by Gasteiger charge is 2.12. The molecule has 2 N–H and O–H groups in total. The smallest absolute Gasteiger partial charge is 0.141 e. The molecule has 0 spiro atoms. The van der Waals surface area contributed by atoms with Crippen LogP contribution in [0.4, 0.5) is 0 Å². The summed E-state index contributed by atoms with van der Waals surface area (Å²) in [5.74, 6) is 0.746. The van der Waals surface area contributed by atoms with Gasteiger partial charge >= 0.3 is 0 Å². The maximum Gasteiger partial charge on any atom is 0.141 e. The van der Waals surface area contributed by atoms with Crippen molar-refractivity contribution < 1.29 is 4.74 Å². The van der Waals surface area contributed by atoms with Gasteiger partial charge in [-0.15, -0.1) is 0 Å². The van der Waals surface area contributed by atoms with Crippen LogP contribution in [-0.2, 0) is 6.42 Å². The first kappa shape index (κ1) is 13.3. The summed E-state index contributed by atoms with van der Waals surface area (Å²) in [5, 5.41) is 0. The monoisotopic (exact) mass is 354 g/mol. The quantitative estimate of drug-likeness (QED) is 0.859. The Bertz CT molecular complexity index is 513. The predicted octanol–water partition coefficient (Wildman–Crippen LogP) is 2.94. The number of pyridine rings is 1. The van der Waals surface area contributed by atoms with Gasteiger partial charge in [-0.3, -0.25) is 4.98 Å². The first-order valence-corrected chi connectivity index (χ1v) is 6.76. The van der Waals surface area contributed by atoms with E-state index in [1.165, 1.54) is 9.13 Å². The maximum absolute atomic E-state index is 6.23. The molecule has 18 heavy (non-hydrogen) atoms. The minimum absolute atomic E-state index is 0.0805. The molecule has 0 bridgehead atoms. The number of hydrogen-bond acceptors (Lipinski definition) is 3. The van der Waals surface area contributed by atoms with Crippen LogP contribution in [0.5, 0.6) is 5.75 Å². The summed E-state index contributed by atoms with van der Waals surface area (Å²) in [4.78, 5) is 4.04. The number of ether oxygens (including phenoxy) is 1. The Hall–Kier alpha value is -1.14. The topological polar surface area (TPSA) is 48.1 Å². The molecule has 94 valence electrons. The number of aromatic nitrogens is 1. The van der Waals surface area contributed by atoms with Crippen molar-refractivity contribution in [1.82, 2.24) is 4.98 Å². The molecule has 1 aromatic carbocycles. The Labute approximate surface area is 121 Å². The van der Waals surface area contributed by atoms with Crippen molar-refractivity contribution in [2.75, 3.05) is 7.11 Å². The second kappa shape index (κ2) is 6.15. The summed E-state index contributed by atoms with van der Waals surface area (Å²) >= 11 is 2.29. The highest BCUT2D eigenvalue weighted by atomic mass is 127. The average Bonchev–Trinajstić information content (AvgIpc) is 2.41. The van der Waals surface area contributed by atoms with E-state index in [1.54, 1.807) is 19.5 Å². The maximum atomic E-state index is 6.23. The number of halogens is 1. The molecule has 4 heteroatoms. The number of nitrogens with two attached hydrogens (primary N) is 1. The molecular formula is C14H15IN2O. The van der Waals surface area contributed by atoms with Crippen molar-refractivity contribution in [3.63, 3.8) is 0 Å². The van der Waals surface area contributed by atoms with Crippen LogP contribution in [0.25, 0.3) is 0 Å². The molecule has 1 unspecified atom stereocenters. The van der Waals surface area contributed by atoms with Gasteiger partial charge in [0.15, 0.2) is 0 Å². The van der Waals surface area contributed by atoms with Gasteiger partial charge in [-0.2, -0.15) is 0 Å². The van der Waals surface area contributed by atoms with Crippen LogP contribution in [0, 0.1) is 3.57 Å². The van der Waals surface area contributed by atoms with E-state index < -0.39 is 0 Å². The lowest BCUT2D eigenvalue weighted by Gasteiger charge is -2.15. The summed E-state index contributed by atoms with van der Waals surface area (Å²) in [6.07, 6.45) is 4.23. The van der Waals surface area contributed by atoms with Crippen LogP contribution >= 0.6 is 22.6 Å². The minimum Gasteiger partial charge on any atom is -0.495 e. The summed E-state index contributed by atoms with van der Waals surface area (Å²) in [6.45, 7) is 0. The van der Waals surface area contributed by atoms with Crippen molar-refractivity contribution in [2.45, 2.75) is 12.5 Å². The number of rotatable bonds is 4. The number of hydrogen-bond donors (Lipinski definition) is 1. The van der Waals surface area contributed by atoms with E-state index in [1.807, 2.05) is 6.07 Å². The Morgan fingerprint density at radius 3 is 2.67 bits per heavy atom. The third kappa shape index (κ3) is 3.20. The molecule has 1 atom stereocenters. The number of methoxy groups -OCH3 is 1. The lowest BCUT2D eigenvalue weighted by atomic mass is 10.00. The summed E-state index contributed by atoms with van der Waals surface area (Å²) < 4.78 is 6.51. The number of nitrogens with zero attached hydrogens (tertiary/aromatic N) is 1. The molecule has 0 aliphatic heterocycles.